The molecule has 0 aromatic heterocycles. The van der Waals surface area contributed by atoms with Gasteiger partial charge in [0.05, 0.1) is 6.42 Å². The fourth-order valence-electron chi connectivity index (χ4n) is 1.56. The lowest BCUT2D eigenvalue weighted by molar-refractivity contribution is -0.138. The van der Waals surface area contributed by atoms with Gasteiger partial charge in [-0.2, -0.15) is 0 Å². The maximum absolute atomic E-state index is 11.6. The highest BCUT2D eigenvalue weighted by molar-refractivity contribution is 5.76. The summed E-state index contributed by atoms with van der Waals surface area (Å²) in [5, 5.41) is 14.1. The molecule has 6 nitrogen and oxygen atoms in total. The Bertz CT molecular complexity index is 304. The van der Waals surface area contributed by atoms with E-state index < -0.39 is 11.5 Å². The number of carbonyl (C=O) groups excluding carboxylic acids is 1. The molecule has 0 bridgehead atoms. The van der Waals surface area contributed by atoms with Gasteiger partial charge in [-0.3, -0.25) is 4.79 Å². The SMILES string of the molecule is CC(C)N(C)CCCNC(=O)NC(C)(C)CC(=O)O. The summed E-state index contributed by atoms with van der Waals surface area (Å²) >= 11 is 0. The molecule has 112 valence electrons. The minimum atomic E-state index is -0.927. The number of rotatable bonds is 8. The molecule has 0 aliphatic rings. The van der Waals surface area contributed by atoms with Crippen LogP contribution in [0.15, 0.2) is 0 Å². The van der Waals surface area contributed by atoms with Crippen LogP contribution in [0.3, 0.4) is 0 Å². The molecule has 0 unspecified atom stereocenters. The van der Waals surface area contributed by atoms with Gasteiger partial charge in [0.1, 0.15) is 0 Å². The van der Waals surface area contributed by atoms with E-state index in [-0.39, 0.29) is 12.5 Å². The highest BCUT2D eigenvalue weighted by Crippen LogP contribution is 2.07. The fourth-order valence-corrected chi connectivity index (χ4v) is 1.56. The summed E-state index contributed by atoms with van der Waals surface area (Å²) in [5.41, 5.74) is -0.745. The highest BCUT2D eigenvalue weighted by atomic mass is 16.4. The van der Waals surface area contributed by atoms with Gasteiger partial charge in [0.25, 0.3) is 0 Å². The largest absolute Gasteiger partial charge is 0.481 e. The number of hydrogen-bond donors (Lipinski definition) is 3. The molecule has 0 aromatic carbocycles. The van der Waals surface area contributed by atoms with E-state index >= 15 is 0 Å². The first kappa shape index (κ1) is 17.7. The minimum absolute atomic E-state index is 0.101. The molecule has 0 radical (unpaired) electrons. The molecule has 0 heterocycles. The van der Waals surface area contributed by atoms with Crippen LogP contribution in [-0.2, 0) is 4.79 Å². The van der Waals surface area contributed by atoms with Crippen molar-refractivity contribution in [1.29, 1.82) is 0 Å². The van der Waals surface area contributed by atoms with Gasteiger partial charge in [-0.05, 0) is 47.7 Å². The van der Waals surface area contributed by atoms with Crippen molar-refractivity contribution in [2.45, 2.75) is 52.1 Å². The van der Waals surface area contributed by atoms with Gasteiger partial charge in [-0.15, -0.1) is 0 Å². The van der Waals surface area contributed by atoms with Crippen LogP contribution in [0.4, 0.5) is 4.79 Å². The first-order valence-electron chi connectivity index (χ1n) is 6.62. The van der Waals surface area contributed by atoms with E-state index in [1.807, 2.05) is 7.05 Å². The third kappa shape index (κ3) is 9.30. The van der Waals surface area contributed by atoms with Crippen molar-refractivity contribution in [2.24, 2.45) is 0 Å². The Kier molecular flexibility index (Phi) is 7.44. The predicted molar refractivity (Wildman–Crippen MR) is 75.2 cm³/mol. The normalized spacial score (nSPS) is 11.7. The Labute approximate surface area is 115 Å². The Hall–Kier alpha value is -1.30. The Morgan fingerprint density at radius 2 is 1.89 bits per heavy atom. The minimum Gasteiger partial charge on any atom is -0.481 e. The summed E-state index contributed by atoms with van der Waals surface area (Å²) in [7, 11) is 2.04. The van der Waals surface area contributed by atoms with Crippen LogP contribution < -0.4 is 10.6 Å². The van der Waals surface area contributed by atoms with Crippen LogP contribution in [-0.4, -0.2) is 53.7 Å². The first-order valence-corrected chi connectivity index (χ1v) is 6.62. The lowest BCUT2D eigenvalue weighted by Gasteiger charge is -2.25. The summed E-state index contributed by atoms with van der Waals surface area (Å²) in [6.45, 7) is 9.10. The molecule has 0 aliphatic carbocycles. The van der Waals surface area contributed by atoms with Crippen LogP contribution in [0.25, 0.3) is 0 Å². The molecule has 19 heavy (non-hydrogen) atoms. The molecule has 2 amide bonds. The number of nitrogens with zero attached hydrogens (tertiary/aromatic N) is 1. The summed E-state index contributed by atoms with van der Waals surface area (Å²) in [5.74, 6) is -0.927. The molecule has 3 N–H and O–H groups in total. The third-order valence-electron chi connectivity index (χ3n) is 2.90. The van der Waals surface area contributed by atoms with Crippen LogP contribution >= 0.6 is 0 Å². The maximum atomic E-state index is 11.6. The van der Waals surface area contributed by atoms with E-state index in [0.29, 0.717) is 12.6 Å². The van der Waals surface area contributed by atoms with Crippen molar-refractivity contribution < 1.29 is 14.7 Å². The summed E-state index contributed by atoms with van der Waals surface area (Å²) in [6.07, 6.45) is 0.762. The molecule has 0 fully saturated rings. The number of carboxylic acids is 1. The smallest absolute Gasteiger partial charge is 0.315 e. The Morgan fingerprint density at radius 3 is 2.37 bits per heavy atom. The van der Waals surface area contributed by atoms with Crippen molar-refractivity contribution in [3.63, 3.8) is 0 Å². The molecule has 0 aromatic rings. The van der Waals surface area contributed by atoms with Gasteiger partial charge >= 0.3 is 12.0 Å². The quantitative estimate of drug-likeness (QED) is 0.582. The van der Waals surface area contributed by atoms with Gasteiger partial charge in [0.15, 0.2) is 0 Å². The van der Waals surface area contributed by atoms with E-state index in [2.05, 4.69) is 29.4 Å². The summed E-state index contributed by atoms with van der Waals surface area (Å²) < 4.78 is 0. The van der Waals surface area contributed by atoms with Gasteiger partial charge in [-0.25, -0.2) is 4.79 Å². The number of urea groups is 1. The number of amides is 2. The van der Waals surface area contributed by atoms with Crippen molar-refractivity contribution >= 4 is 12.0 Å². The summed E-state index contributed by atoms with van der Waals surface area (Å²) in [4.78, 5) is 24.4. The Balaban J connectivity index is 3.84. The predicted octanol–water partition coefficient (Wildman–Crippen LogP) is 1.27. The van der Waals surface area contributed by atoms with E-state index in [1.54, 1.807) is 13.8 Å². The lowest BCUT2D eigenvalue weighted by atomic mass is 10.0. The van der Waals surface area contributed by atoms with Gasteiger partial charge in [-0.1, -0.05) is 0 Å². The molecule has 0 saturated heterocycles. The van der Waals surface area contributed by atoms with Crippen LogP contribution in [0.1, 0.15) is 40.5 Å². The topological polar surface area (TPSA) is 81.7 Å². The number of hydrogen-bond acceptors (Lipinski definition) is 3. The maximum Gasteiger partial charge on any atom is 0.315 e. The molecule has 0 spiro atoms. The molecule has 0 atom stereocenters. The average Bonchev–Trinajstić information content (AvgIpc) is 2.20. The van der Waals surface area contributed by atoms with Crippen LogP contribution in [0, 0.1) is 0 Å². The molecule has 0 rings (SSSR count). The van der Waals surface area contributed by atoms with E-state index in [1.165, 1.54) is 0 Å². The zero-order valence-electron chi connectivity index (χ0n) is 12.6. The van der Waals surface area contributed by atoms with Crippen molar-refractivity contribution in [2.75, 3.05) is 20.1 Å². The van der Waals surface area contributed by atoms with E-state index in [0.717, 1.165) is 13.0 Å². The molecular formula is C13H27N3O3. The molecule has 6 heteroatoms. The number of carboxylic acid groups (broad SMARTS) is 1. The van der Waals surface area contributed by atoms with Crippen molar-refractivity contribution in [3.8, 4) is 0 Å². The average molecular weight is 273 g/mol. The van der Waals surface area contributed by atoms with E-state index in [4.69, 9.17) is 5.11 Å². The first-order chi connectivity index (χ1) is 8.64. The number of carbonyl (C=O) groups is 2. The Morgan fingerprint density at radius 1 is 1.32 bits per heavy atom. The second-order valence-electron chi connectivity index (χ2n) is 5.76. The van der Waals surface area contributed by atoms with Gasteiger partial charge < -0.3 is 20.6 Å². The molecule has 0 aliphatic heterocycles. The van der Waals surface area contributed by atoms with Crippen LogP contribution in [0.2, 0.25) is 0 Å². The highest BCUT2D eigenvalue weighted by Gasteiger charge is 2.23. The number of aliphatic carboxylic acids is 1. The summed E-state index contributed by atoms with van der Waals surface area (Å²) in [6, 6.07) is 0.168. The zero-order chi connectivity index (χ0) is 15.1. The molecule has 0 saturated carbocycles. The monoisotopic (exact) mass is 273 g/mol. The molecular weight excluding hydrogens is 246 g/mol. The lowest BCUT2D eigenvalue weighted by Crippen LogP contribution is -2.49. The van der Waals surface area contributed by atoms with Crippen molar-refractivity contribution in [3.05, 3.63) is 0 Å². The van der Waals surface area contributed by atoms with E-state index in [9.17, 15) is 9.59 Å². The number of nitrogens with one attached hydrogen (secondary N) is 2. The second kappa shape index (κ2) is 7.99. The van der Waals surface area contributed by atoms with Crippen molar-refractivity contribution in [1.82, 2.24) is 15.5 Å². The van der Waals surface area contributed by atoms with Gasteiger partial charge in [0.2, 0.25) is 0 Å². The van der Waals surface area contributed by atoms with Crippen LogP contribution in [0.5, 0.6) is 0 Å². The van der Waals surface area contributed by atoms with Gasteiger partial charge in [0, 0.05) is 18.1 Å². The second-order valence-corrected chi connectivity index (χ2v) is 5.76. The standard InChI is InChI=1S/C13H27N3O3/c1-10(2)16(5)8-6-7-14-12(19)15-13(3,4)9-11(17)18/h10H,6-9H2,1-5H3,(H,17,18)(H2,14,15,19). The third-order valence-corrected chi connectivity index (χ3v) is 2.90. The zero-order valence-corrected chi connectivity index (χ0v) is 12.6. The fraction of sp³-hybridized carbons (Fsp3) is 0.846.